The minimum Gasteiger partial charge on any atom is -0.395 e. The van der Waals surface area contributed by atoms with Crippen LogP contribution in [0.1, 0.15) is 12.0 Å². The number of nitro groups is 1. The minimum atomic E-state index is -1.29. The number of aliphatic hydroxyl groups excluding tert-OH is 1. The molecule has 4 nitrogen and oxygen atoms in total. The molecule has 0 radical (unpaired) electrons. The Morgan fingerprint density at radius 1 is 1.38 bits per heavy atom. The molecule has 0 aliphatic carbocycles. The Morgan fingerprint density at radius 2 is 2.00 bits per heavy atom. The molecule has 1 aromatic carbocycles. The van der Waals surface area contributed by atoms with Crippen LogP contribution in [0.25, 0.3) is 0 Å². The lowest BCUT2D eigenvalue weighted by Crippen LogP contribution is -1.96. The second kappa shape index (κ2) is 5.19. The van der Waals surface area contributed by atoms with E-state index in [1.54, 1.807) is 0 Å². The maximum atomic E-state index is 12.8. The predicted octanol–water partition coefficient (Wildman–Crippen LogP) is 1.61. The van der Waals surface area contributed by atoms with Gasteiger partial charge in [-0.1, -0.05) is 11.8 Å². The highest BCUT2D eigenvalue weighted by Gasteiger charge is 2.16. The van der Waals surface area contributed by atoms with Crippen molar-refractivity contribution in [3.05, 3.63) is 39.4 Å². The van der Waals surface area contributed by atoms with Gasteiger partial charge >= 0.3 is 0 Å². The molecule has 0 bridgehead atoms. The first-order valence-electron chi connectivity index (χ1n) is 4.29. The first kappa shape index (κ1) is 12.1. The van der Waals surface area contributed by atoms with Gasteiger partial charge in [-0.2, -0.15) is 0 Å². The molecule has 0 aliphatic heterocycles. The third-order valence-corrected chi connectivity index (χ3v) is 1.70. The number of rotatable bonds is 2. The Balaban J connectivity index is 3.21. The highest BCUT2D eigenvalue weighted by Crippen LogP contribution is 2.21. The summed E-state index contributed by atoms with van der Waals surface area (Å²) in [6, 6.07) is 1.15. The number of halogens is 2. The average Bonchev–Trinajstić information content (AvgIpc) is 2.23. The van der Waals surface area contributed by atoms with E-state index in [4.69, 9.17) is 5.11 Å². The van der Waals surface area contributed by atoms with E-state index in [9.17, 15) is 18.9 Å². The number of benzene rings is 1. The van der Waals surface area contributed by atoms with Crippen molar-refractivity contribution in [1.29, 1.82) is 0 Å². The van der Waals surface area contributed by atoms with Crippen molar-refractivity contribution in [1.82, 2.24) is 0 Å². The van der Waals surface area contributed by atoms with Gasteiger partial charge in [0, 0.05) is 6.42 Å². The van der Waals surface area contributed by atoms with Gasteiger partial charge in [-0.05, 0) is 6.07 Å². The molecule has 0 spiro atoms. The van der Waals surface area contributed by atoms with Gasteiger partial charge in [0.05, 0.1) is 17.6 Å². The Bertz CT molecular complexity index is 477. The fourth-order valence-electron chi connectivity index (χ4n) is 1.00. The number of aliphatic hydroxyl groups is 1. The molecule has 0 amide bonds. The predicted molar refractivity (Wildman–Crippen MR) is 51.6 cm³/mol. The quantitative estimate of drug-likeness (QED) is 0.474. The highest BCUT2D eigenvalue weighted by molar-refractivity contribution is 5.51. The average molecular weight is 227 g/mol. The molecule has 1 rings (SSSR count). The second-order valence-electron chi connectivity index (χ2n) is 2.82. The van der Waals surface area contributed by atoms with Crippen LogP contribution in [0, 0.1) is 33.6 Å². The summed E-state index contributed by atoms with van der Waals surface area (Å²) in [5.41, 5.74) is -0.804. The van der Waals surface area contributed by atoms with Crippen LogP contribution in [0.15, 0.2) is 12.1 Å². The van der Waals surface area contributed by atoms with Crippen molar-refractivity contribution < 1.29 is 18.8 Å². The van der Waals surface area contributed by atoms with Crippen LogP contribution < -0.4 is 0 Å². The van der Waals surface area contributed by atoms with Crippen LogP contribution in [-0.2, 0) is 0 Å². The van der Waals surface area contributed by atoms with Crippen LogP contribution in [0.3, 0.4) is 0 Å². The van der Waals surface area contributed by atoms with Crippen LogP contribution in [0.2, 0.25) is 0 Å². The van der Waals surface area contributed by atoms with Crippen LogP contribution in [0.5, 0.6) is 0 Å². The number of hydrogen-bond acceptors (Lipinski definition) is 3. The van der Waals surface area contributed by atoms with E-state index >= 15 is 0 Å². The van der Waals surface area contributed by atoms with Crippen molar-refractivity contribution >= 4 is 5.69 Å². The largest absolute Gasteiger partial charge is 0.395 e. The number of nitrogens with zero attached hydrogens (tertiary/aromatic N) is 1. The molecule has 0 saturated heterocycles. The molecule has 1 aromatic rings. The summed E-state index contributed by atoms with van der Waals surface area (Å²) in [5, 5.41) is 19.0. The molecule has 1 N–H and O–H groups in total. The van der Waals surface area contributed by atoms with Crippen LogP contribution in [-0.4, -0.2) is 16.6 Å². The van der Waals surface area contributed by atoms with E-state index in [0.717, 1.165) is 0 Å². The molecule has 84 valence electrons. The van der Waals surface area contributed by atoms with E-state index < -0.39 is 22.2 Å². The lowest BCUT2D eigenvalue weighted by molar-refractivity contribution is -0.385. The minimum absolute atomic E-state index is 0.107. The van der Waals surface area contributed by atoms with E-state index in [1.807, 2.05) is 0 Å². The Morgan fingerprint density at radius 3 is 2.56 bits per heavy atom. The second-order valence-corrected chi connectivity index (χ2v) is 2.82. The summed E-state index contributed by atoms with van der Waals surface area (Å²) in [7, 11) is 0. The Hall–Kier alpha value is -2.00. The topological polar surface area (TPSA) is 63.4 Å². The fraction of sp³-hybridized carbons (Fsp3) is 0.200. The third kappa shape index (κ3) is 2.74. The molecule has 6 heteroatoms. The lowest BCUT2D eigenvalue weighted by atomic mass is 10.1. The summed E-state index contributed by atoms with van der Waals surface area (Å²) < 4.78 is 25.6. The van der Waals surface area contributed by atoms with E-state index in [-0.39, 0.29) is 18.6 Å². The zero-order valence-electron chi connectivity index (χ0n) is 8.04. The molecule has 0 aromatic heterocycles. The van der Waals surface area contributed by atoms with Crippen molar-refractivity contribution in [2.75, 3.05) is 6.61 Å². The van der Waals surface area contributed by atoms with Crippen LogP contribution in [0.4, 0.5) is 14.5 Å². The first-order chi connectivity index (χ1) is 7.56. The molecule has 0 atom stereocenters. The zero-order chi connectivity index (χ0) is 12.1. The van der Waals surface area contributed by atoms with Gasteiger partial charge < -0.3 is 5.11 Å². The van der Waals surface area contributed by atoms with Crippen molar-refractivity contribution in [2.24, 2.45) is 0 Å². The molecular weight excluding hydrogens is 220 g/mol. The maximum absolute atomic E-state index is 12.8. The third-order valence-electron chi connectivity index (χ3n) is 1.70. The Labute approximate surface area is 89.7 Å². The monoisotopic (exact) mass is 227 g/mol. The smallest absolute Gasteiger partial charge is 0.288 e. The number of hydrogen-bond donors (Lipinski definition) is 1. The van der Waals surface area contributed by atoms with Gasteiger partial charge in [-0.3, -0.25) is 10.1 Å². The van der Waals surface area contributed by atoms with Crippen molar-refractivity contribution in [3.8, 4) is 11.8 Å². The SMILES string of the molecule is O=[N+]([O-])c1cc(F)c(F)cc1C#CCCO. The standard InChI is InChI=1S/C10H7F2NO3/c11-8-5-7(3-1-2-4-14)10(13(15)16)6-9(8)12/h5-6,14H,2,4H2. The molecule has 0 heterocycles. The number of nitro benzene ring substituents is 1. The van der Waals surface area contributed by atoms with E-state index in [2.05, 4.69) is 11.8 Å². The van der Waals surface area contributed by atoms with Gasteiger partial charge in [0.25, 0.3) is 5.69 Å². The highest BCUT2D eigenvalue weighted by atomic mass is 19.2. The van der Waals surface area contributed by atoms with E-state index in [1.165, 1.54) is 0 Å². The fourth-order valence-corrected chi connectivity index (χ4v) is 1.00. The van der Waals surface area contributed by atoms with Crippen molar-refractivity contribution in [2.45, 2.75) is 6.42 Å². The van der Waals surface area contributed by atoms with Gasteiger partial charge in [0.2, 0.25) is 0 Å². The molecule has 0 aliphatic rings. The molecule has 0 fully saturated rings. The van der Waals surface area contributed by atoms with Crippen LogP contribution >= 0.6 is 0 Å². The summed E-state index contributed by atoms with van der Waals surface area (Å²) in [4.78, 5) is 9.68. The van der Waals surface area contributed by atoms with E-state index in [0.29, 0.717) is 12.1 Å². The molecule has 16 heavy (non-hydrogen) atoms. The summed E-state index contributed by atoms with van der Waals surface area (Å²) in [5.74, 6) is 2.22. The normalized spacial score (nSPS) is 9.44. The first-order valence-corrected chi connectivity index (χ1v) is 4.29. The summed E-state index contributed by atoms with van der Waals surface area (Å²) in [6.07, 6.45) is 0.107. The molecular formula is C10H7F2NO3. The molecule has 0 unspecified atom stereocenters. The summed E-state index contributed by atoms with van der Waals surface area (Å²) >= 11 is 0. The maximum Gasteiger partial charge on any atom is 0.288 e. The van der Waals surface area contributed by atoms with Gasteiger partial charge in [-0.15, -0.1) is 0 Å². The van der Waals surface area contributed by atoms with Crippen molar-refractivity contribution in [3.63, 3.8) is 0 Å². The zero-order valence-corrected chi connectivity index (χ0v) is 8.04. The Kier molecular flexibility index (Phi) is 3.91. The van der Waals surface area contributed by atoms with Gasteiger partial charge in [0.15, 0.2) is 11.6 Å². The summed E-state index contributed by atoms with van der Waals surface area (Å²) in [6.45, 7) is -0.204. The molecule has 0 saturated carbocycles. The lowest BCUT2D eigenvalue weighted by Gasteiger charge is -1.97. The van der Waals surface area contributed by atoms with Gasteiger partial charge in [-0.25, -0.2) is 8.78 Å². The van der Waals surface area contributed by atoms with Gasteiger partial charge in [0.1, 0.15) is 5.56 Å².